The average molecular weight is 331 g/mol. The van der Waals surface area contributed by atoms with Crippen molar-refractivity contribution in [3.05, 3.63) is 28.7 Å². The molecule has 4 rings (SSSR count). The van der Waals surface area contributed by atoms with Crippen LogP contribution in [0.15, 0.2) is 21.7 Å². The molecule has 0 fully saturated rings. The molecule has 1 aliphatic heterocycles. The van der Waals surface area contributed by atoms with Gasteiger partial charge in [0.25, 0.3) is 5.89 Å². The van der Waals surface area contributed by atoms with E-state index in [-0.39, 0.29) is 0 Å². The largest absolute Gasteiger partial charge is 0.356 e. The van der Waals surface area contributed by atoms with E-state index in [1.807, 2.05) is 11.7 Å². The predicted octanol–water partition coefficient (Wildman–Crippen LogP) is 1.89. The summed E-state index contributed by atoms with van der Waals surface area (Å²) < 4.78 is 7.44. The third-order valence-corrected chi connectivity index (χ3v) is 4.37. The number of aromatic nitrogens is 5. The second-order valence-electron chi connectivity index (χ2n) is 5.36. The van der Waals surface area contributed by atoms with Gasteiger partial charge in [0.15, 0.2) is 5.82 Å². The van der Waals surface area contributed by atoms with Crippen LogP contribution >= 0.6 is 11.3 Å². The van der Waals surface area contributed by atoms with Crippen molar-refractivity contribution in [2.45, 2.75) is 32.4 Å². The summed E-state index contributed by atoms with van der Waals surface area (Å²) >= 11 is 1.52. The smallest absolute Gasteiger partial charge is 0.277 e. The molecule has 0 amide bonds. The Morgan fingerprint density at radius 1 is 1.30 bits per heavy atom. The highest BCUT2D eigenvalue weighted by atomic mass is 32.1. The van der Waals surface area contributed by atoms with Gasteiger partial charge in [-0.2, -0.15) is 4.98 Å². The van der Waals surface area contributed by atoms with E-state index in [1.165, 1.54) is 17.0 Å². The second kappa shape index (κ2) is 6.47. The molecule has 120 valence electrons. The molecule has 0 aliphatic carbocycles. The molecule has 0 aromatic carbocycles. The highest BCUT2D eigenvalue weighted by molar-refractivity contribution is 7.07. The van der Waals surface area contributed by atoms with Crippen LogP contribution in [0.3, 0.4) is 0 Å². The molecule has 0 radical (unpaired) electrons. The molecule has 23 heavy (non-hydrogen) atoms. The Morgan fingerprint density at radius 2 is 2.30 bits per heavy atom. The van der Waals surface area contributed by atoms with Crippen LogP contribution in [-0.2, 0) is 19.5 Å². The number of aryl methyl sites for hydroxylation is 2. The predicted molar refractivity (Wildman–Crippen MR) is 85.9 cm³/mol. The fourth-order valence-corrected chi connectivity index (χ4v) is 3.13. The van der Waals surface area contributed by atoms with E-state index in [0.29, 0.717) is 5.89 Å². The Morgan fingerprint density at radius 3 is 3.22 bits per heavy atom. The summed E-state index contributed by atoms with van der Waals surface area (Å²) in [4.78, 5) is 12.9. The van der Waals surface area contributed by atoms with Crippen LogP contribution in [0.25, 0.3) is 11.6 Å². The summed E-state index contributed by atoms with van der Waals surface area (Å²) in [5.74, 6) is 2.24. The summed E-state index contributed by atoms with van der Waals surface area (Å²) in [5.41, 5.74) is 3.73. The van der Waals surface area contributed by atoms with Gasteiger partial charge in [0.1, 0.15) is 11.5 Å². The molecular weight excluding hydrogens is 314 g/mol. The maximum atomic E-state index is 5.24. The molecule has 0 atom stereocenters. The number of hydrogen-bond acceptors (Lipinski definition) is 8. The SMILES string of the molecule is c1nc(-c2nc(CCCCn3cnc4c3CNCN4)no2)cs1. The Kier molecular flexibility index (Phi) is 4.03. The molecular formula is C14H17N7OS. The van der Waals surface area contributed by atoms with Crippen molar-refractivity contribution in [1.29, 1.82) is 0 Å². The van der Waals surface area contributed by atoms with Gasteiger partial charge in [-0.15, -0.1) is 11.3 Å². The van der Waals surface area contributed by atoms with Crippen molar-refractivity contribution in [1.82, 2.24) is 30.0 Å². The minimum atomic E-state index is 0.502. The van der Waals surface area contributed by atoms with Crippen molar-refractivity contribution < 1.29 is 4.52 Å². The molecule has 9 heteroatoms. The van der Waals surface area contributed by atoms with Crippen molar-refractivity contribution >= 4 is 17.2 Å². The van der Waals surface area contributed by atoms with Gasteiger partial charge in [-0.25, -0.2) is 9.97 Å². The first kappa shape index (κ1) is 14.3. The Bertz CT molecular complexity index is 764. The number of fused-ring (bicyclic) bond motifs is 1. The fourth-order valence-electron chi connectivity index (χ4n) is 2.60. The number of nitrogens with one attached hydrogen (secondary N) is 2. The van der Waals surface area contributed by atoms with Crippen molar-refractivity contribution in [2.24, 2.45) is 0 Å². The highest BCUT2D eigenvalue weighted by Gasteiger charge is 2.14. The quantitative estimate of drug-likeness (QED) is 0.666. The third kappa shape index (κ3) is 3.10. The van der Waals surface area contributed by atoms with Gasteiger partial charge in [0.05, 0.1) is 24.2 Å². The van der Waals surface area contributed by atoms with Gasteiger partial charge >= 0.3 is 0 Å². The maximum Gasteiger partial charge on any atom is 0.277 e. The normalized spacial score (nSPS) is 13.7. The minimum Gasteiger partial charge on any atom is -0.356 e. The van der Waals surface area contributed by atoms with Gasteiger partial charge in [-0.1, -0.05) is 5.16 Å². The summed E-state index contributed by atoms with van der Waals surface area (Å²) in [6.07, 6.45) is 4.76. The van der Waals surface area contributed by atoms with Crippen molar-refractivity contribution in [3.8, 4) is 11.6 Å². The van der Waals surface area contributed by atoms with Gasteiger partial charge in [0.2, 0.25) is 0 Å². The van der Waals surface area contributed by atoms with Crippen LogP contribution in [0.1, 0.15) is 24.4 Å². The third-order valence-electron chi connectivity index (χ3n) is 3.79. The number of thiazole rings is 1. The van der Waals surface area contributed by atoms with E-state index in [2.05, 4.69) is 35.3 Å². The Labute approximate surface area is 137 Å². The van der Waals surface area contributed by atoms with Crippen LogP contribution in [0.5, 0.6) is 0 Å². The number of imidazole rings is 1. The first-order chi connectivity index (χ1) is 11.4. The molecule has 1 aliphatic rings. The molecule has 0 saturated heterocycles. The van der Waals surface area contributed by atoms with Crippen LogP contribution in [-0.4, -0.2) is 31.3 Å². The molecule has 0 bridgehead atoms. The Hall–Kier alpha value is -2.26. The van der Waals surface area contributed by atoms with Gasteiger partial charge < -0.3 is 14.4 Å². The number of unbranched alkanes of at least 4 members (excludes halogenated alkanes) is 1. The minimum absolute atomic E-state index is 0.502. The van der Waals surface area contributed by atoms with E-state index in [4.69, 9.17) is 4.52 Å². The van der Waals surface area contributed by atoms with E-state index >= 15 is 0 Å². The van der Waals surface area contributed by atoms with E-state index < -0.39 is 0 Å². The molecule has 3 aromatic rings. The zero-order valence-electron chi connectivity index (χ0n) is 12.5. The van der Waals surface area contributed by atoms with E-state index in [9.17, 15) is 0 Å². The highest BCUT2D eigenvalue weighted by Crippen LogP contribution is 2.18. The summed E-state index contributed by atoms with van der Waals surface area (Å²) in [5, 5.41) is 12.4. The van der Waals surface area contributed by atoms with Crippen LogP contribution in [0.2, 0.25) is 0 Å². The zero-order chi connectivity index (χ0) is 15.5. The topological polar surface area (TPSA) is 93.7 Å². The second-order valence-corrected chi connectivity index (χ2v) is 6.08. The van der Waals surface area contributed by atoms with Gasteiger partial charge in [-0.3, -0.25) is 5.32 Å². The molecule has 3 aromatic heterocycles. The summed E-state index contributed by atoms with van der Waals surface area (Å²) in [6.45, 7) is 2.59. The van der Waals surface area contributed by atoms with Crippen molar-refractivity contribution in [2.75, 3.05) is 12.0 Å². The zero-order valence-corrected chi connectivity index (χ0v) is 13.3. The van der Waals surface area contributed by atoms with Gasteiger partial charge in [0, 0.05) is 24.9 Å². The Balaban J connectivity index is 1.28. The lowest BCUT2D eigenvalue weighted by Gasteiger charge is -2.16. The first-order valence-corrected chi connectivity index (χ1v) is 8.54. The maximum absolute atomic E-state index is 5.24. The van der Waals surface area contributed by atoms with E-state index in [0.717, 1.165) is 56.4 Å². The number of rotatable bonds is 6. The summed E-state index contributed by atoms with van der Waals surface area (Å²) in [7, 11) is 0. The lowest BCUT2D eigenvalue weighted by Crippen LogP contribution is -2.28. The van der Waals surface area contributed by atoms with Crippen LogP contribution < -0.4 is 10.6 Å². The van der Waals surface area contributed by atoms with Gasteiger partial charge in [-0.05, 0) is 12.8 Å². The summed E-state index contributed by atoms with van der Waals surface area (Å²) in [6, 6.07) is 0. The molecule has 2 N–H and O–H groups in total. The molecule has 0 saturated carbocycles. The van der Waals surface area contributed by atoms with Crippen molar-refractivity contribution in [3.63, 3.8) is 0 Å². The van der Waals surface area contributed by atoms with Crippen LogP contribution in [0.4, 0.5) is 5.82 Å². The number of nitrogens with zero attached hydrogens (tertiary/aromatic N) is 5. The lowest BCUT2D eigenvalue weighted by molar-refractivity contribution is 0.419. The molecule has 4 heterocycles. The molecule has 0 unspecified atom stereocenters. The first-order valence-electron chi connectivity index (χ1n) is 7.60. The van der Waals surface area contributed by atoms with Crippen LogP contribution in [0, 0.1) is 0 Å². The number of anilines is 1. The molecule has 0 spiro atoms. The standard InChI is InChI=1S/C14H17N7OS/c1(2-4-21-8-17-13-11(21)5-15-7-16-13)3-12-19-14(22-20-12)10-6-23-9-18-10/h6,8-9,15-16H,1-5,7H2. The lowest BCUT2D eigenvalue weighted by atomic mass is 10.2. The average Bonchev–Trinajstić information content (AvgIpc) is 3.31. The number of hydrogen-bond donors (Lipinski definition) is 2. The van der Waals surface area contributed by atoms with E-state index in [1.54, 1.807) is 5.51 Å². The molecule has 8 nitrogen and oxygen atoms in total. The monoisotopic (exact) mass is 331 g/mol. The fraction of sp³-hybridized carbons (Fsp3) is 0.429.